The fourth-order valence-corrected chi connectivity index (χ4v) is 5.09. The van der Waals surface area contributed by atoms with Gasteiger partial charge in [-0.25, -0.2) is 0 Å². The molecule has 0 radical (unpaired) electrons. The van der Waals surface area contributed by atoms with Crippen LogP contribution >= 0.6 is 0 Å². The highest BCUT2D eigenvalue weighted by Crippen LogP contribution is 2.32. The van der Waals surface area contributed by atoms with E-state index in [-0.39, 0.29) is 23.8 Å². The monoisotopic (exact) mass is 462 g/mol. The predicted molar refractivity (Wildman–Crippen MR) is 134 cm³/mol. The number of nitrogens with one attached hydrogen (secondary N) is 2. The van der Waals surface area contributed by atoms with E-state index < -0.39 is 0 Å². The van der Waals surface area contributed by atoms with Gasteiger partial charge >= 0.3 is 0 Å². The van der Waals surface area contributed by atoms with Crippen LogP contribution in [0.2, 0.25) is 0 Å². The van der Waals surface area contributed by atoms with Crippen molar-refractivity contribution >= 4 is 29.1 Å². The molecule has 34 heavy (non-hydrogen) atoms. The fourth-order valence-electron chi connectivity index (χ4n) is 5.09. The highest BCUT2D eigenvalue weighted by atomic mass is 16.2. The summed E-state index contributed by atoms with van der Waals surface area (Å²) in [6, 6.07) is 14.7. The molecule has 2 aliphatic rings. The van der Waals surface area contributed by atoms with Crippen molar-refractivity contribution in [2.45, 2.75) is 45.6 Å². The second kappa shape index (κ2) is 10.8. The number of amides is 3. The largest absolute Gasteiger partial charge is 0.336 e. The number of aryl methyl sites for hydroxylation is 1. The minimum absolute atomic E-state index is 0.0116. The summed E-state index contributed by atoms with van der Waals surface area (Å²) >= 11 is 0. The Morgan fingerprint density at radius 1 is 0.824 bits per heavy atom. The first kappa shape index (κ1) is 24.0. The number of carbonyl (C=O) groups excluding carboxylic acids is 3. The van der Waals surface area contributed by atoms with Gasteiger partial charge in [0.1, 0.15) is 0 Å². The topological polar surface area (TPSA) is 81.8 Å². The summed E-state index contributed by atoms with van der Waals surface area (Å²) in [4.78, 5) is 41.7. The molecule has 0 bridgehead atoms. The first-order valence-corrected chi connectivity index (χ1v) is 12.2. The van der Waals surface area contributed by atoms with Crippen molar-refractivity contribution in [2.24, 2.45) is 5.92 Å². The molecule has 0 aromatic heterocycles. The molecule has 0 unspecified atom stereocenters. The van der Waals surface area contributed by atoms with Gasteiger partial charge in [0, 0.05) is 50.0 Å². The van der Waals surface area contributed by atoms with E-state index in [1.54, 1.807) is 12.1 Å². The molecule has 7 heteroatoms. The van der Waals surface area contributed by atoms with Crippen molar-refractivity contribution in [3.8, 4) is 0 Å². The van der Waals surface area contributed by atoms with Crippen molar-refractivity contribution in [2.75, 3.05) is 36.8 Å². The normalized spacial score (nSPS) is 17.9. The van der Waals surface area contributed by atoms with Crippen molar-refractivity contribution in [3.63, 3.8) is 0 Å². The molecule has 1 aliphatic carbocycles. The third-order valence-corrected chi connectivity index (χ3v) is 6.88. The van der Waals surface area contributed by atoms with Gasteiger partial charge in [-0.2, -0.15) is 0 Å². The second-order valence-electron chi connectivity index (χ2n) is 9.43. The van der Waals surface area contributed by atoms with Gasteiger partial charge in [0.25, 0.3) is 5.91 Å². The summed E-state index contributed by atoms with van der Waals surface area (Å²) in [5, 5.41) is 5.83. The first-order chi connectivity index (χ1) is 16.4. The second-order valence-corrected chi connectivity index (χ2v) is 9.43. The molecule has 1 saturated heterocycles. The number of rotatable bonds is 6. The lowest BCUT2D eigenvalue weighted by molar-refractivity contribution is -0.124. The maximum Gasteiger partial charge on any atom is 0.253 e. The lowest BCUT2D eigenvalue weighted by Gasteiger charge is -2.40. The Hall–Kier alpha value is -3.19. The SMILES string of the molecule is CC(=O)Nc1ccc(NC(=O)[C@@H](C2CCCC2)N2CCN(C(=O)c3ccc(C)cc3)CC2)cc1. The minimum atomic E-state index is -0.200. The number of hydrogen-bond donors (Lipinski definition) is 2. The molecule has 180 valence electrons. The average molecular weight is 463 g/mol. The fraction of sp³-hybridized carbons (Fsp3) is 0.444. The summed E-state index contributed by atoms with van der Waals surface area (Å²) in [6.07, 6.45) is 4.43. The number of carbonyl (C=O) groups is 3. The summed E-state index contributed by atoms with van der Waals surface area (Å²) in [7, 11) is 0. The maximum atomic E-state index is 13.4. The zero-order valence-corrected chi connectivity index (χ0v) is 20.0. The minimum Gasteiger partial charge on any atom is -0.336 e. The molecule has 1 saturated carbocycles. The van der Waals surface area contributed by atoms with Gasteiger partial charge in [-0.3, -0.25) is 19.3 Å². The summed E-state index contributed by atoms with van der Waals surface area (Å²) in [5.74, 6) is 0.273. The van der Waals surface area contributed by atoms with E-state index in [1.165, 1.54) is 6.92 Å². The van der Waals surface area contributed by atoms with E-state index in [0.717, 1.165) is 36.9 Å². The van der Waals surface area contributed by atoms with Gasteiger partial charge in [0.15, 0.2) is 0 Å². The van der Waals surface area contributed by atoms with Crippen LogP contribution < -0.4 is 10.6 Å². The predicted octanol–water partition coefficient (Wildman–Crippen LogP) is 3.91. The van der Waals surface area contributed by atoms with Crippen molar-refractivity contribution in [1.29, 1.82) is 0 Å². The average Bonchev–Trinajstić information content (AvgIpc) is 3.35. The summed E-state index contributed by atoms with van der Waals surface area (Å²) in [6.45, 7) is 6.10. The molecular formula is C27H34N4O3. The molecule has 3 amide bonds. The Balaban J connectivity index is 1.40. The Morgan fingerprint density at radius 2 is 1.38 bits per heavy atom. The Kier molecular flexibility index (Phi) is 7.63. The van der Waals surface area contributed by atoms with E-state index in [2.05, 4.69) is 15.5 Å². The standard InChI is InChI=1S/C27H34N4O3/c1-19-7-9-22(10-8-19)27(34)31-17-15-30(16-18-31)25(21-5-3-4-6-21)26(33)29-24-13-11-23(12-14-24)28-20(2)32/h7-14,21,25H,3-6,15-18H2,1-2H3,(H,28,32)(H,29,33)/t25-/m1/s1. The molecule has 1 atom stereocenters. The van der Waals surface area contributed by atoms with E-state index >= 15 is 0 Å². The number of hydrogen-bond acceptors (Lipinski definition) is 4. The molecule has 2 aromatic rings. The van der Waals surface area contributed by atoms with E-state index in [4.69, 9.17) is 0 Å². The first-order valence-electron chi connectivity index (χ1n) is 12.2. The Morgan fingerprint density at radius 3 is 1.94 bits per heavy atom. The maximum absolute atomic E-state index is 13.4. The number of piperazine rings is 1. The molecule has 4 rings (SSSR count). The quantitative estimate of drug-likeness (QED) is 0.682. The van der Waals surface area contributed by atoms with Crippen molar-refractivity contribution < 1.29 is 14.4 Å². The lowest BCUT2D eigenvalue weighted by atomic mass is 9.94. The highest BCUT2D eigenvalue weighted by Gasteiger charge is 2.37. The molecule has 2 fully saturated rings. The lowest BCUT2D eigenvalue weighted by Crippen LogP contribution is -2.56. The van der Waals surface area contributed by atoms with Crippen molar-refractivity contribution in [1.82, 2.24) is 9.80 Å². The van der Waals surface area contributed by atoms with Crippen LogP contribution in [0.4, 0.5) is 11.4 Å². The third kappa shape index (κ3) is 5.83. The smallest absolute Gasteiger partial charge is 0.253 e. The zero-order chi connectivity index (χ0) is 24.1. The van der Waals surface area contributed by atoms with E-state index in [9.17, 15) is 14.4 Å². The zero-order valence-electron chi connectivity index (χ0n) is 20.0. The van der Waals surface area contributed by atoms with Crippen LogP contribution in [0.5, 0.6) is 0 Å². The van der Waals surface area contributed by atoms with Gasteiger partial charge < -0.3 is 15.5 Å². The molecule has 7 nitrogen and oxygen atoms in total. The molecule has 0 spiro atoms. The Labute approximate surface area is 201 Å². The molecule has 2 aromatic carbocycles. The van der Waals surface area contributed by atoms with E-state index in [0.29, 0.717) is 43.3 Å². The van der Waals surface area contributed by atoms with Gasteiger partial charge in [0.2, 0.25) is 11.8 Å². The number of nitrogens with zero attached hydrogens (tertiary/aromatic N) is 2. The summed E-state index contributed by atoms with van der Waals surface area (Å²) in [5.41, 5.74) is 3.27. The van der Waals surface area contributed by atoms with Gasteiger partial charge in [-0.15, -0.1) is 0 Å². The van der Waals surface area contributed by atoms with Crippen LogP contribution in [0.25, 0.3) is 0 Å². The Bertz CT molecular complexity index is 1010. The third-order valence-electron chi connectivity index (χ3n) is 6.88. The van der Waals surface area contributed by atoms with Gasteiger partial charge in [0.05, 0.1) is 6.04 Å². The summed E-state index contributed by atoms with van der Waals surface area (Å²) < 4.78 is 0. The van der Waals surface area contributed by atoms with Crippen LogP contribution in [0.3, 0.4) is 0 Å². The number of benzene rings is 2. The van der Waals surface area contributed by atoms with Crippen LogP contribution in [0.1, 0.15) is 48.5 Å². The molecule has 2 N–H and O–H groups in total. The van der Waals surface area contributed by atoms with Gasteiger partial charge in [-0.05, 0) is 62.1 Å². The van der Waals surface area contributed by atoms with Crippen LogP contribution in [-0.2, 0) is 9.59 Å². The van der Waals surface area contributed by atoms with Crippen LogP contribution in [0, 0.1) is 12.8 Å². The van der Waals surface area contributed by atoms with Gasteiger partial charge in [-0.1, -0.05) is 30.5 Å². The van der Waals surface area contributed by atoms with Crippen molar-refractivity contribution in [3.05, 3.63) is 59.7 Å². The molecular weight excluding hydrogens is 428 g/mol. The molecule has 1 heterocycles. The van der Waals surface area contributed by atoms with Crippen LogP contribution in [0.15, 0.2) is 48.5 Å². The van der Waals surface area contributed by atoms with E-state index in [1.807, 2.05) is 48.2 Å². The molecule has 1 aliphatic heterocycles. The highest BCUT2D eigenvalue weighted by molar-refractivity contribution is 5.96. The number of anilines is 2. The van der Waals surface area contributed by atoms with Crippen LogP contribution in [-0.4, -0.2) is 59.7 Å².